The van der Waals surface area contributed by atoms with Crippen LogP contribution in [0.25, 0.3) is 0 Å². The number of carbonyl (C=O) groups excluding carboxylic acids is 2. The highest BCUT2D eigenvalue weighted by atomic mass is 35.5. The van der Waals surface area contributed by atoms with Crippen LogP contribution in [0.5, 0.6) is 0 Å². The van der Waals surface area contributed by atoms with Crippen LogP contribution in [0.15, 0.2) is 36.7 Å². The molecule has 0 bridgehead atoms. The first-order chi connectivity index (χ1) is 14.6. The van der Waals surface area contributed by atoms with Crippen LogP contribution in [-0.2, 0) is 4.74 Å². The molecule has 2 aliphatic heterocycles. The van der Waals surface area contributed by atoms with E-state index in [4.69, 9.17) is 16.3 Å². The largest absolute Gasteiger partial charge is 0.444 e. The Kier molecular flexibility index (Phi) is 5.56. The molecule has 0 radical (unpaired) electrons. The summed E-state index contributed by atoms with van der Waals surface area (Å²) in [6.07, 6.45) is 3.22. The third-order valence-corrected chi connectivity index (χ3v) is 5.82. The molecule has 1 aromatic heterocycles. The van der Waals surface area contributed by atoms with E-state index in [-0.39, 0.29) is 18.0 Å². The summed E-state index contributed by atoms with van der Waals surface area (Å²) in [4.78, 5) is 35.4. The molecule has 0 saturated carbocycles. The van der Waals surface area contributed by atoms with Crippen molar-refractivity contribution in [2.45, 2.75) is 39.3 Å². The molecule has 31 heavy (non-hydrogen) atoms. The number of ether oxygens (including phenoxy) is 1. The summed E-state index contributed by atoms with van der Waals surface area (Å²) >= 11 is 6.14. The number of fused-ring (bicyclic) bond motifs is 1. The van der Waals surface area contributed by atoms with E-state index < -0.39 is 5.60 Å². The summed E-state index contributed by atoms with van der Waals surface area (Å²) < 4.78 is 5.47. The lowest BCUT2D eigenvalue weighted by molar-refractivity contribution is 0.0240. The summed E-state index contributed by atoms with van der Waals surface area (Å²) in [5, 5.41) is 0.620. The molecule has 1 aromatic carbocycles. The van der Waals surface area contributed by atoms with Gasteiger partial charge in [-0.3, -0.25) is 14.7 Å². The van der Waals surface area contributed by atoms with Gasteiger partial charge in [0.15, 0.2) is 0 Å². The van der Waals surface area contributed by atoms with Gasteiger partial charge in [0.2, 0.25) is 0 Å². The fraction of sp³-hybridized carbons (Fsp3) is 0.435. The minimum Gasteiger partial charge on any atom is -0.444 e. The average molecular weight is 443 g/mol. The van der Waals surface area contributed by atoms with E-state index in [0.717, 1.165) is 16.9 Å². The van der Waals surface area contributed by atoms with Crippen LogP contribution < -0.4 is 9.80 Å². The van der Waals surface area contributed by atoms with Gasteiger partial charge in [-0.05, 0) is 57.5 Å². The van der Waals surface area contributed by atoms with Crippen molar-refractivity contribution >= 4 is 35.0 Å². The molecular formula is C23H27ClN4O3. The molecule has 1 unspecified atom stereocenters. The zero-order valence-electron chi connectivity index (χ0n) is 18.3. The quantitative estimate of drug-likeness (QED) is 0.684. The molecule has 4 rings (SSSR count). The van der Waals surface area contributed by atoms with Crippen LogP contribution in [0.2, 0.25) is 5.02 Å². The maximum Gasteiger partial charge on any atom is 0.410 e. The van der Waals surface area contributed by atoms with Gasteiger partial charge in [-0.15, -0.1) is 0 Å². The highest BCUT2D eigenvalue weighted by molar-refractivity contribution is 6.31. The van der Waals surface area contributed by atoms with E-state index in [0.29, 0.717) is 36.8 Å². The average Bonchev–Trinajstić information content (AvgIpc) is 2.96. The Hall–Kier alpha value is -2.80. The Balaban J connectivity index is 1.48. The van der Waals surface area contributed by atoms with Crippen LogP contribution in [0.3, 0.4) is 0 Å². The Labute approximate surface area is 187 Å². The second-order valence-corrected chi connectivity index (χ2v) is 9.37. The number of anilines is 2. The number of hydrogen-bond acceptors (Lipinski definition) is 5. The van der Waals surface area contributed by atoms with Gasteiger partial charge in [0.05, 0.1) is 29.8 Å². The molecule has 7 nitrogen and oxygen atoms in total. The van der Waals surface area contributed by atoms with Crippen LogP contribution >= 0.6 is 11.6 Å². The van der Waals surface area contributed by atoms with Gasteiger partial charge in [-0.2, -0.15) is 0 Å². The van der Waals surface area contributed by atoms with Crippen molar-refractivity contribution in [3.63, 3.8) is 0 Å². The number of pyridine rings is 1. The molecule has 3 heterocycles. The molecular weight excluding hydrogens is 416 g/mol. The first-order valence-electron chi connectivity index (χ1n) is 10.4. The standard InChI is InChI=1S/C23H27ClN4O3/c1-15-20-11-16(24)5-6-19(20)21(29)28(15)18-12-17(13-25-14-18)26-7-9-27(10-8-26)22(30)31-23(2,3)4/h5-6,11-15H,7-10H2,1-4H3. The van der Waals surface area contributed by atoms with E-state index in [1.165, 1.54) is 0 Å². The highest BCUT2D eigenvalue weighted by Gasteiger charge is 2.35. The van der Waals surface area contributed by atoms with Crippen molar-refractivity contribution in [1.82, 2.24) is 9.88 Å². The number of piperazine rings is 1. The SMILES string of the molecule is CC1c2cc(Cl)ccc2C(=O)N1c1cncc(N2CCN(C(=O)OC(C)(C)C)CC2)c1. The molecule has 8 heteroatoms. The molecule has 1 saturated heterocycles. The number of benzene rings is 1. The van der Waals surface area contributed by atoms with Gasteiger partial charge in [0.25, 0.3) is 5.91 Å². The monoisotopic (exact) mass is 442 g/mol. The van der Waals surface area contributed by atoms with Crippen molar-refractivity contribution in [3.8, 4) is 0 Å². The zero-order chi connectivity index (χ0) is 22.3. The van der Waals surface area contributed by atoms with E-state index in [9.17, 15) is 9.59 Å². The van der Waals surface area contributed by atoms with E-state index in [1.807, 2.05) is 39.8 Å². The molecule has 0 spiro atoms. The zero-order valence-corrected chi connectivity index (χ0v) is 19.0. The van der Waals surface area contributed by atoms with Crippen molar-refractivity contribution in [1.29, 1.82) is 0 Å². The number of carbonyl (C=O) groups is 2. The molecule has 0 N–H and O–H groups in total. The van der Waals surface area contributed by atoms with Gasteiger partial charge in [-0.25, -0.2) is 4.79 Å². The lowest BCUT2D eigenvalue weighted by Crippen LogP contribution is -2.50. The Morgan fingerprint density at radius 2 is 1.77 bits per heavy atom. The molecule has 2 aliphatic rings. The minimum absolute atomic E-state index is 0.0483. The summed E-state index contributed by atoms with van der Waals surface area (Å²) in [6, 6.07) is 7.24. The van der Waals surface area contributed by atoms with Crippen LogP contribution in [0.1, 0.15) is 49.7 Å². The van der Waals surface area contributed by atoms with Crippen molar-refractivity contribution in [2.24, 2.45) is 0 Å². The van der Waals surface area contributed by atoms with E-state index >= 15 is 0 Å². The Morgan fingerprint density at radius 1 is 1.10 bits per heavy atom. The summed E-state index contributed by atoms with van der Waals surface area (Å²) in [5.74, 6) is -0.0483. The molecule has 164 valence electrons. The van der Waals surface area contributed by atoms with Crippen LogP contribution in [-0.4, -0.2) is 53.7 Å². The summed E-state index contributed by atoms with van der Waals surface area (Å²) in [7, 11) is 0. The summed E-state index contributed by atoms with van der Waals surface area (Å²) in [6.45, 7) is 10.1. The number of hydrogen-bond donors (Lipinski definition) is 0. The van der Waals surface area contributed by atoms with Crippen molar-refractivity contribution < 1.29 is 14.3 Å². The fourth-order valence-electron chi connectivity index (χ4n) is 4.05. The summed E-state index contributed by atoms with van der Waals surface area (Å²) in [5.41, 5.74) is 2.77. The first-order valence-corrected chi connectivity index (χ1v) is 10.8. The van der Waals surface area contributed by atoms with Crippen molar-refractivity contribution in [3.05, 3.63) is 52.8 Å². The van der Waals surface area contributed by atoms with Gasteiger partial charge in [-0.1, -0.05) is 11.6 Å². The molecule has 1 fully saturated rings. The topological polar surface area (TPSA) is 66.0 Å². The normalized spacial score (nSPS) is 18.9. The Morgan fingerprint density at radius 3 is 2.45 bits per heavy atom. The minimum atomic E-state index is -0.507. The van der Waals surface area contributed by atoms with Crippen molar-refractivity contribution in [2.75, 3.05) is 36.0 Å². The number of aromatic nitrogens is 1. The number of nitrogens with zero attached hydrogens (tertiary/aromatic N) is 4. The third kappa shape index (κ3) is 4.32. The van der Waals surface area contributed by atoms with Gasteiger partial charge in [0, 0.05) is 36.8 Å². The number of halogens is 1. The second kappa shape index (κ2) is 8.04. The Bertz CT molecular complexity index is 1010. The van der Waals surface area contributed by atoms with E-state index in [2.05, 4.69) is 9.88 Å². The predicted molar refractivity (Wildman–Crippen MR) is 121 cm³/mol. The molecule has 2 aromatic rings. The maximum absolute atomic E-state index is 13.0. The molecule has 0 aliphatic carbocycles. The number of amides is 2. The predicted octanol–water partition coefficient (Wildman–Crippen LogP) is 4.51. The lowest BCUT2D eigenvalue weighted by Gasteiger charge is -2.37. The smallest absolute Gasteiger partial charge is 0.410 e. The molecule has 1 atom stereocenters. The van der Waals surface area contributed by atoms with Gasteiger partial charge < -0.3 is 14.5 Å². The van der Waals surface area contributed by atoms with E-state index in [1.54, 1.807) is 34.3 Å². The second-order valence-electron chi connectivity index (χ2n) is 8.94. The van der Waals surface area contributed by atoms with Gasteiger partial charge >= 0.3 is 6.09 Å². The molecule has 2 amide bonds. The van der Waals surface area contributed by atoms with Crippen LogP contribution in [0.4, 0.5) is 16.2 Å². The first kappa shape index (κ1) is 21.4. The van der Waals surface area contributed by atoms with Crippen LogP contribution in [0, 0.1) is 0 Å². The lowest BCUT2D eigenvalue weighted by atomic mass is 10.1. The fourth-order valence-corrected chi connectivity index (χ4v) is 4.23. The maximum atomic E-state index is 13.0. The number of rotatable bonds is 2. The van der Waals surface area contributed by atoms with Gasteiger partial charge in [0.1, 0.15) is 5.60 Å². The highest BCUT2D eigenvalue weighted by Crippen LogP contribution is 2.39. The third-order valence-electron chi connectivity index (χ3n) is 5.58.